The molecule has 3 fully saturated rings. The highest BCUT2D eigenvalue weighted by atomic mass is 19.4. The first-order valence-corrected chi connectivity index (χ1v) is 13.2. The lowest BCUT2D eigenvalue weighted by atomic mass is 9.93. The van der Waals surface area contributed by atoms with Crippen molar-refractivity contribution in [1.29, 1.82) is 0 Å². The minimum Gasteiger partial charge on any atom is -0.338 e. The van der Waals surface area contributed by atoms with E-state index in [0.717, 1.165) is 37.4 Å². The van der Waals surface area contributed by atoms with Gasteiger partial charge in [0.05, 0.1) is 29.1 Å². The summed E-state index contributed by atoms with van der Waals surface area (Å²) in [5, 5.41) is 7.57. The Morgan fingerprint density at radius 3 is 2.30 bits per heavy atom. The minimum absolute atomic E-state index is 0.0529. The van der Waals surface area contributed by atoms with Crippen LogP contribution in [0, 0.1) is 0 Å². The molecular weight excluding hydrogens is 483 g/mol. The Hall–Kier alpha value is -3.04. The number of alkyl halides is 3. The van der Waals surface area contributed by atoms with Crippen molar-refractivity contribution in [2.24, 2.45) is 0 Å². The van der Waals surface area contributed by atoms with Crippen molar-refractivity contribution in [2.75, 3.05) is 26.2 Å². The summed E-state index contributed by atoms with van der Waals surface area (Å²) in [6.45, 7) is 5.82. The number of piperidine rings is 1. The van der Waals surface area contributed by atoms with E-state index in [1.54, 1.807) is 17.2 Å². The van der Waals surface area contributed by atoms with Crippen LogP contribution in [0.1, 0.15) is 91.0 Å². The molecule has 1 saturated carbocycles. The Labute approximate surface area is 215 Å². The van der Waals surface area contributed by atoms with Crippen molar-refractivity contribution in [2.45, 2.75) is 76.0 Å². The Balaban J connectivity index is 1.30. The molecule has 2 aliphatic heterocycles. The number of aromatic nitrogens is 2. The van der Waals surface area contributed by atoms with Crippen LogP contribution in [0.4, 0.5) is 18.0 Å². The van der Waals surface area contributed by atoms with E-state index in [9.17, 15) is 22.8 Å². The summed E-state index contributed by atoms with van der Waals surface area (Å²) in [6, 6.07) is 5.83. The van der Waals surface area contributed by atoms with Crippen molar-refractivity contribution < 1.29 is 22.8 Å². The van der Waals surface area contributed by atoms with Gasteiger partial charge in [-0.1, -0.05) is 18.2 Å². The summed E-state index contributed by atoms with van der Waals surface area (Å²) in [5.41, 5.74) is 1.17. The molecule has 3 aliphatic rings. The summed E-state index contributed by atoms with van der Waals surface area (Å²) >= 11 is 0. The van der Waals surface area contributed by atoms with Gasteiger partial charge in [-0.15, -0.1) is 0 Å². The molecule has 37 heavy (non-hydrogen) atoms. The highest BCUT2D eigenvalue weighted by Gasteiger charge is 2.40. The maximum absolute atomic E-state index is 13.6. The monoisotopic (exact) mass is 517 g/mol. The van der Waals surface area contributed by atoms with Crippen LogP contribution in [0.2, 0.25) is 0 Å². The van der Waals surface area contributed by atoms with Crippen molar-refractivity contribution in [3.8, 4) is 0 Å². The first kappa shape index (κ1) is 25.6. The van der Waals surface area contributed by atoms with Gasteiger partial charge < -0.3 is 15.1 Å². The van der Waals surface area contributed by atoms with Crippen molar-refractivity contribution in [3.63, 3.8) is 0 Å². The Morgan fingerprint density at radius 1 is 0.973 bits per heavy atom. The zero-order valence-corrected chi connectivity index (χ0v) is 21.3. The topological polar surface area (TPSA) is 70.5 Å². The van der Waals surface area contributed by atoms with Crippen LogP contribution in [-0.2, 0) is 6.18 Å². The third-order valence-corrected chi connectivity index (χ3v) is 7.72. The molecule has 1 unspecified atom stereocenters. The predicted molar refractivity (Wildman–Crippen MR) is 132 cm³/mol. The second kappa shape index (κ2) is 10.0. The molecule has 1 aromatic heterocycles. The Bertz CT molecular complexity index is 1150. The van der Waals surface area contributed by atoms with Crippen LogP contribution >= 0.6 is 0 Å². The Morgan fingerprint density at radius 2 is 1.65 bits per heavy atom. The average molecular weight is 518 g/mol. The summed E-state index contributed by atoms with van der Waals surface area (Å²) in [6.07, 6.45) is 1.26. The summed E-state index contributed by atoms with van der Waals surface area (Å²) in [4.78, 5) is 29.5. The number of nitrogens with zero attached hydrogens (tertiary/aromatic N) is 4. The summed E-state index contributed by atoms with van der Waals surface area (Å²) < 4.78 is 42.7. The number of urea groups is 1. The molecule has 0 spiro atoms. The number of halogens is 3. The van der Waals surface area contributed by atoms with Gasteiger partial charge in [0.2, 0.25) is 0 Å². The summed E-state index contributed by atoms with van der Waals surface area (Å²) in [7, 11) is 0. The van der Waals surface area contributed by atoms with Gasteiger partial charge in [0.25, 0.3) is 5.91 Å². The normalized spacial score (nSPS) is 21.1. The third kappa shape index (κ3) is 5.33. The molecule has 3 amide bonds. The van der Waals surface area contributed by atoms with Crippen LogP contribution in [-0.4, -0.2) is 63.7 Å². The fourth-order valence-corrected chi connectivity index (χ4v) is 5.72. The fraction of sp³-hybridized carbons (Fsp3) is 0.593. The number of likely N-dealkylation sites (tertiary alicyclic amines) is 2. The lowest BCUT2D eigenvalue weighted by Crippen LogP contribution is -2.46. The maximum atomic E-state index is 13.6. The van der Waals surface area contributed by atoms with E-state index in [0.29, 0.717) is 31.6 Å². The number of amides is 3. The molecule has 2 aromatic rings. The SMILES string of the molecule is CC(C)NC(=O)N1CCC(n2ncc(C(=O)N3CCC(c4ccccc4C(F)(F)F)C3)c2C2CC2)CC1. The molecule has 0 bridgehead atoms. The number of carbonyl (C=O) groups excluding carboxylic acids is 2. The maximum Gasteiger partial charge on any atom is 0.416 e. The highest BCUT2D eigenvalue weighted by molar-refractivity contribution is 5.95. The number of rotatable bonds is 5. The molecule has 10 heteroatoms. The number of benzene rings is 1. The first-order chi connectivity index (χ1) is 17.6. The lowest BCUT2D eigenvalue weighted by Gasteiger charge is -2.33. The van der Waals surface area contributed by atoms with Gasteiger partial charge in [-0.2, -0.15) is 18.3 Å². The number of hydrogen-bond acceptors (Lipinski definition) is 3. The van der Waals surface area contributed by atoms with Crippen LogP contribution in [0.3, 0.4) is 0 Å². The highest BCUT2D eigenvalue weighted by Crippen LogP contribution is 2.44. The molecule has 3 heterocycles. The van der Waals surface area contributed by atoms with E-state index in [2.05, 4.69) is 10.4 Å². The lowest BCUT2D eigenvalue weighted by molar-refractivity contribution is -0.138. The number of carbonyl (C=O) groups is 2. The standard InChI is InChI=1S/C27H34F3N5O2/c1-17(2)32-26(37)33-13-10-20(11-14-33)35-24(18-7-8-18)22(15-31-35)25(36)34-12-9-19(16-34)21-5-3-4-6-23(21)27(28,29)30/h3-6,15,17-20H,7-14,16H2,1-2H3,(H,32,37). The molecule has 200 valence electrons. The van der Waals surface area contributed by atoms with E-state index in [4.69, 9.17) is 0 Å². The number of nitrogens with one attached hydrogen (secondary N) is 1. The second-order valence-corrected chi connectivity index (χ2v) is 10.8. The van der Waals surface area contributed by atoms with Gasteiger partial charge >= 0.3 is 12.2 Å². The second-order valence-electron chi connectivity index (χ2n) is 10.8. The zero-order valence-electron chi connectivity index (χ0n) is 21.3. The van der Waals surface area contributed by atoms with Crippen molar-refractivity contribution >= 4 is 11.9 Å². The number of hydrogen-bond donors (Lipinski definition) is 1. The molecule has 1 atom stereocenters. The quantitative estimate of drug-likeness (QED) is 0.595. The van der Waals surface area contributed by atoms with Crippen molar-refractivity contribution in [1.82, 2.24) is 24.9 Å². The first-order valence-electron chi connectivity index (χ1n) is 13.2. The van der Waals surface area contributed by atoms with Gasteiger partial charge in [0.15, 0.2) is 0 Å². The van der Waals surface area contributed by atoms with E-state index < -0.39 is 11.7 Å². The van der Waals surface area contributed by atoms with Crippen LogP contribution in [0.25, 0.3) is 0 Å². The molecule has 1 aromatic carbocycles. The third-order valence-electron chi connectivity index (χ3n) is 7.72. The Kier molecular flexibility index (Phi) is 6.93. The largest absolute Gasteiger partial charge is 0.416 e. The van der Waals surface area contributed by atoms with Crippen LogP contribution in [0.5, 0.6) is 0 Å². The molecule has 1 aliphatic carbocycles. The zero-order chi connectivity index (χ0) is 26.3. The van der Waals surface area contributed by atoms with Gasteiger partial charge in [0.1, 0.15) is 0 Å². The van der Waals surface area contributed by atoms with Crippen LogP contribution in [0.15, 0.2) is 30.5 Å². The molecule has 5 rings (SSSR count). The molecular formula is C27H34F3N5O2. The minimum atomic E-state index is -4.42. The molecule has 2 saturated heterocycles. The molecule has 7 nitrogen and oxygen atoms in total. The van der Waals surface area contributed by atoms with Gasteiger partial charge in [-0.25, -0.2) is 4.79 Å². The van der Waals surface area contributed by atoms with Gasteiger partial charge in [-0.05, 0) is 57.6 Å². The van der Waals surface area contributed by atoms with Gasteiger partial charge in [0, 0.05) is 44.1 Å². The van der Waals surface area contributed by atoms with E-state index in [1.807, 2.05) is 23.4 Å². The molecule has 1 N–H and O–H groups in total. The van der Waals surface area contributed by atoms with E-state index in [1.165, 1.54) is 12.1 Å². The van der Waals surface area contributed by atoms with E-state index >= 15 is 0 Å². The van der Waals surface area contributed by atoms with Gasteiger partial charge in [-0.3, -0.25) is 9.48 Å². The fourth-order valence-electron chi connectivity index (χ4n) is 5.72. The smallest absolute Gasteiger partial charge is 0.338 e. The predicted octanol–water partition coefficient (Wildman–Crippen LogP) is 5.16. The van der Waals surface area contributed by atoms with E-state index in [-0.39, 0.29) is 48.0 Å². The summed E-state index contributed by atoms with van der Waals surface area (Å²) in [5.74, 6) is -0.204. The van der Waals surface area contributed by atoms with Crippen LogP contribution < -0.4 is 5.32 Å². The molecule has 0 radical (unpaired) electrons. The van der Waals surface area contributed by atoms with Crippen molar-refractivity contribution in [3.05, 3.63) is 52.8 Å². The average Bonchev–Trinajstić information content (AvgIpc) is 3.41.